The molecule has 2 aromatic heterocycles. The van der Waals surface area contributed by atoms with Crippen molar-refractivity contribution in [3.8, 4) is 22.9 Å². The second-order valence-electron chi connectivity index (χ2n) is 11.2. The molecule has 0 radical (unpaired) electrons. The van der Waals surface area contributed by atoms with Gasteiger partial charge in [0.05, 0.1) is 37.0 Å². The first-order valence-electron chi connectivity index (χ1n) is 15.5. The molecule has 3 N–H and O–H groups in total. The highest BCUT2D eigenvalue weighted by molar-refractivity contribution is 5.76. The van der Waals surface area contributed by atoms with E-state index in [1.54, 1.807) is 32.4 Å². The number of nitrogens with zero attached hydrogens (tertiary/aromatic N) is 5. The Labute approximate surface area is 267 Å². The maximum absolute atomic E-state index is 13.5. The van der Waals surface area contributed by atoms with Crippen LogP contribution >= 0.6 is 0 Å². The molecular weight excluding hydrogens is 595 g/mol. The maximum Gasteiger partial charge on any atom is 0.433 e. The molecule has 9 nitrogen and oxygen atoms in total. The van der Waals surface area contributed by atoms with Gasteiger partial charge in [-0.15, -0.1) is 0 Å². The van der Waals surface area contributed by atoms with Crippen LogP contribution in [-0.4, -0.2) is 55.4 Å². The number of hydrogen-bond donors (Lipinski definition) is 2. The highest BCUT2D eigenvalue weighted by Crippen LogP contribution is 2.36. The van der Waals surface area contributed by atoms with Crippen molar-refractivity contribution in [2.24, 2.45) is 0 Å². The van der Waals surface area contributed by atoms with E-state index in [-0.39, 0.29) is 11.6 Å². The lowest BCUT2D eigenvalue weighted by atomic mass is 10.1. The molecule has 0 saturated carbocycles. The minimum absolute atomic E-state index is 0.0483. The molecule has 6 rings (SSSR count). The highest BCUT2D eigenvalue weighted by Gasteiger charge is 2.34. The predicted octanol–water partition coefficient (Wildman–Crippen LogP) is 7.57. The lowest BCUT2D eigenvalue weighted by Crippen LogP contribution is -2.29. The second-order valence-corrected chi connectivity index (χ2v) is 11.2. The van der Waals surface area contributed by atoms with E-state index in [1.165, 1.54) is 38.1 Å². The fourth-order valence-corrected chi connectivity index (χ4v) is 5.65. The third-order valence-electron chi connectivity index (χ3n) is 8.03. The van der Waals surface area contributed by atoms with E-state index >= 15 is 0 Å². The number of ether oxygens (including phenoxy) is 2. The molecule has 12 heteroatoms. The molecule has 0 amide bonds. The predicted molar refractivity (Wildman–Crippen MR) is 176 cm³/mol. The number of aromatic nitrogens is 3. The number of piperidine rings is 2. The highest BCUT2D eigenvalue weighted by atomic mass is 19.4. The number of nitrogen functional groups attached to an aromatic ring is 1. The zero-order valence-corrected chi connectivity index (χ0v) is 26.2. The van der Waals surface area contributed by atoms with Gasteiger partial charge in [-0.2, -0.15) is 13.2 Å². The molecule has 0 atom stereocenters. The molecule has 4 aromatic rings. The van der Waals surface area contributed by atoms with Gasteiger partial charge in [-0.1, -0.05) is 0 Å². The van der Waals surface area contributed by atoms with E-state index in [9.17, 15) is 13.2 Å². The monoisotopic (exact) mass is 635 g/mol. The summed E-state index contributed by atoms with van der Waals surface area (Å²) in [5.74, 6) is 1.43. The summed E-state index contributed by atoms with van der Waals surface area (Å²) in [6, 6.07) is 15.6. The number of nitrogens with two attached hydrogens (primary N) is 1. The smallest absolute Gasteiger partial charge is 0.433 e. The lowest BCUT2D eigenvalue weighted by molar-refractivity contribution is -0.141. The van der Waals surface area contributed by atoms with Crippen molar-refractivity contribution in [1.29, 1.82) is 0 Å². The van der Waals surface area contributed by atoms with Gasteiger partial charge in [-0.25, -0.2) is 9.97 Å². The molecule has 46 heavy (non-hydrogen) atoms. The van der Waals surface area contributed by atoms with Gasteiger partial charge in [0.1, 0.15) is 17.3 Å². The fraction of sp³-hybridized carbons (Fsp3) is 0.382. The first-order valence-corrected chi connectivity index (χ1v) is 15.5. The number of rotatable bonds is 7. The minimum atomic E-state index is -4.61. The van der Waals surface area contributed by atoms with E-state index in [0.717, 1.165) is 67.9 Å². The molecule has 2 aliphatic heterocycles. The molecule has 0 bridgehead atoms. The molecule has 2 aliphatic rings. The Bertz CT molecular complexity index is 1580. The number of nitrogens with one attached hydrogen (secondary N) is 1. The van der Waals surface area contributed by atoms with Gasteiger partial charge in [-0.3, -0.25) is 4.98 Å². The number of anilines is 5. The van der Waals surface area contributed by atoms with Gasteiger partial charge < -0.3 is 30.3 Å². The average molecular weight is 636 g/mol. The van der Waals surface area contributed by atoms with Crippen molar-refractivity contribution in [2.45, 2.75) is 44.7 Å². The molecule has 2 saturated heterocycles. The molecule has 2 fully saturated rings. The van der Waals surface area contributed by atoms with Crippen LogP contribution in [0.1, 0.15) is 44.2 Å². The standard InChI is InChI=1S/C22H22F3N5O.C12H18N2O/c1-31-16-7-8-18(30-10-3-2-4-11-30)17(12-16)27-20-13-19(22(23,24)25)28-21(29-20)15-6-5-9-26-14-15;1-15-10-5-6-12(11(13)9-10)14-7-3-2-4-8-14/h5-9,12-14H,2-4,10-11H2,1H3,(H,27,28,29);5-6,9H,2-4,7-8,13H2,1H3. The number of alkyl halides is 3. The summed E-state index contributed by atoms with van der Waals surface area (Å²) in [7, 11) is 3.21. The normalized spacial score (nSPS) is 15.1. The van der Waals surface area contributed by atoms with Gasteiger partial charge in [0.25, 0.3) is 0 Å². The van der Waals surface area contributed by atoms with Crippen LogP contribution in [0.5, 0.6) is 11.5 Å². The number of hydrogen-bond acceptors (Lipinski definition) is 9. The van der Waals surface area contributed by atoms with Crippen molar-refractivity contribution < 1.29 is 22.6 Å². The van der Waals surface area contributed by atoms with Crippen molar-refractivity contribution in [1.82, 2.24) is 15.0 Å². The van der Waals surface area contributed by atoms with Crippen molar-refractivity contribution in [3.05, 3.63) is 72.7 Å². The van der Waals surface area contributed by atoms with E-state index in [2.05, 4.69) is 36.1 Å². The number of pyridine rings is 1. The summed E-state index contributed by atoms with van der Waals surface area (Å²) in [5, 5.41) is 3.07. The van der Waals surface area contributed by atoms with Crippen molar-refractivity contribution in [2.75, 3.05) is 61.2 Å². The molecule has 2 aromatic carbocycles. The zero-order valence-electron chi connectivity index (χ0n) is 26.2. The van der Waals surface area contributed by atoms with E-state index in [0.29, 0.717) is 17.0 Å². The van der Waals surface area contributed by atoms with Crippen LogP contribution in [0.15, 0.2) is 67.0 Å². The SMILES string of the molecule is COc1ccc(N2CCCCC2)c(N)c1.COc1ccc(N2CCCCC2)c(Nc2cc(C(F)(F)F)nc(-c3cccnc3)n2)c1. The third-order valence-corrected chi connectivity index (χ3v) is 8.03. The van der Waals surface area contributed by atoms with Crippen LogP contribution < -0.4 is 30.3 Å². The van der Waals surface area contributed by atoms with E-state index in [1.807, 2.05) is 24.3 Å². The minimum Gasteiger partial charge on any atom is -0.497 e. The van der Waals surface area contributed by atoms with Crippen LogP contribution in [0.4, 0.5) is 41.7 Å². The largest absolute Gasteiger partial charge is 0.497 e. The molecule has 4 heterocycles. The molecule has 0 spiro atoms. The topological polar surface area (TPSA) is 102 Å². The summed E-state index contributed by atoms with van der Waals surface area (Å²) in [4.78, 5) is 16.6. The fourth-order valence-electron chi connectivity index (χ4n) is 5.65. The van der Waals surface area contributed by atoms with Gasteiger partial charge in [-0.05, 0) is 74.9 Å². The number of halogens is 3. The molecule has 0 unspecified atom stereocenters. The van der Waals surface area contributed by atoms with Gasteiger partial charge >= 0.3 is 6.18 Å². The van der Waals surface area contributed by atoms with Crippen molar-refractivity contribution >= 4 is 28.6 Å². The summed E-state index contributed by atoms with van der Waals surface area (Å²) in [6.07, 6.45) is 5.56. The Kier molecular flexibility index (Phi) is 10.7. The van der Waals surface area contributed by atoms with E-state index < -0.39 is 11.9 Å². The average Bonchev–Trinajstić information content (AvgIpc) is 3.09. The Morgan fingerprint density at radius 3 is 1.93 bits per heavy atom. The zero-order chi connectivity index (χ0) is 32.5. The Morgan fingerprint density at radius 1 is 0.761 bits per heavy atom. The quantitative estimate of drug-likeness (QED) is 0.199. The summed E-state index contributed by atoms with van der Waals surface area (Å²) < 4.78 is 51.1. The summed E-state index contributed by atoms with van der Waals surface area (Å²) in [5.41, 5.74) is 8.88. The Hall–Kier alpha value is -4.74. The number of methoxy groups -OCH3 is 2. The second kappa shape index (κ2) is 15.0. The number of benzene rings is 2. The Balaban J connectivity index is 0.000000232. The third kappa shape index (κ3) is 8.29. The molecular formula is C34H40F3N7O2. The molecule has 244 valence electrons. The lowest BCUT2D eigenvalue weighted by Gasteiger charge is -2.31. The van der Waals surface area contributed by atoms with Crippen molar-refractivity contribution in [3.63, 3.8) is 0 Å². The van der Waals surface area contributed by atoms with Crippen LogP contribution in [0, 0.1) is 0 Å². The maximum atomic E-state index is 13.5. The van der Waals surface area contributed by atoms with E-state index in [4.69, 9.17) is 15.2 Å². The van der Waals surface area contributed by atoms with Crippen LogP contribution in [0.2, 0.25) is 0 Å². The van der Waals surface area contributed by atoms with Gasteiger partial charge in [0, 0.05) is 62.3 Å². The first-order chi connectivity index (χ1) is 22.2. The van der Waals surface area contributed by atoms with Gasteiger partial charge in [0.15, 0.2) is 11.5 Å². The first kappa shape index (κ1) is 32.6. The summed E-state index contributed by atoms with van der Waals surface area (Å²) in [6.45, 7) is 4.02. The van der Waals surface area contributed by atoms with Crippen LogP contribution in [-0.2, 0) is 6.18 Å². The van der Waals surface area contributed by atoms with Gasteiger partial charge in [0.2, 0.25) is 0 Å². The summed E-state index contributed by atoms with van der Waals surface area (Å²) >= 11 is 0. The molecule has 0 aliphatic carbocycles. The van der Waals surface area contributed by atoms with Crippen LogP contribution in [0.25, 0.3) is 11.4 Å². The Morgan fingerprint density at radius 2 is 1.37 bits per heavy atom. The van der Waals surface area contributed by atoms with Crippen LogP contribution in [0.3, 0.4) is 0 Å².